The van der Waals surface area contributed by atoms with Gasteiger partial charge in [0.15, 0.2) is 11.6 Å². The summed E-state index contributed by atoms with van der Waals surface area (Å²) in [7, 11) is 0. The maximum absolute atomic E-state index is 12.4. The Morgan fingerprint density at radius 2 is 1.65 bits per heavy atom. The quantitative estimate of drug-likeness (QED) is 0.362. The summed E-state index contributed by atoms with van der Waals surface area (Å²) in [5.74, 6) is -1.32. The van der Waals surface area contributed by atoms with Crippen LogP contribution in [-0.2, 0) is 19.2 Å². The molecule has 0 bridgehead atoms. The van der Waals surface area contributed by atoms with E-state index in [9.17, 15) is 34.5 Å². The molecule has 0 aromatic rings. The first-order valence-electron chi connectivity index (χ1n) is 13.4. The molecule has 210 valence electrons. The van der Waals surface area contributed by atoms with Gasteiger partial charge in [0.05, 0.1) is 6.10 Å². The molecule has 5 N–H and O–H groups in total. The molecule has 4 rings (SSSR count). The van der Waals surface area contributed by atoms with Gasteiger partial charge in [0.2, 0.25) is 0 Å². The zero-order valence-corrected chi connectivity index (χ0v) is 22.5. The lowest BCUT2D eigenvalue weighted by atomic mass is 9.45. The number of hydrogen-bond acceptors (Lipinski definition) is 7. The van der Waals surface area contributed by atoms with Crippen molar-refractivity contribution >= 4 is 23.5 Å². The summed E-state index contributed by atoms with van der Waals surface area (Å²) in [5.41, 5.74) is -1.23. The van der Waals surface area contributed by atoms with Crippen molar-refractivity contribution in [1.82, 2.24) is 0 Å². The van der Waals surface area contributed by atoms with Gasteiger partial charge in [0, 0.05) is 24.7 Å². The van der Waals surface area contributed by atoms with Crippen LogP contribution in [0.2, 0.25) is 0 Å². The summed E-state index contributed by atoms with van der Waals surface area (Å²) in [6.45, 7) is 6.90. The predicted molar refractivity (Wildman–Crippen MR) is 136 cm³/mol. The van der Waals surface area contributed by atoms with Crippen LogP contribution in [0.15, 0.2) is 11.6 Å². The van der Waals surface area contributed by atoms with Gasteiger partial charge in [0.25, 0.3) is 0 Å². The van der Waals surface area contributed by atoms with Crippen molar-refractivity contribution in [3.63, 3.8) is 0 Å². The van der Waals surface area contributed by atoms with Gasteiger partial charge < -0.3 is 25.5 Å². The van der Waals surface area contributed by atoms with Gasteiger partial charge in [-0.15, -0.1) is 0 Å². The molecule has 0 aromatic carbocycles. The molecule has 0 saturated heterocycles. The number of ketones is 2. The molecule has 7 atom stereocenters. The summed E-state index contributed by atoms with van der Waals surface area (Å²) in [4.78, 5) is 43.2. The average molecular weight is 525 g/mol. The number of fused-ring (bicyclic) bond motifs is 5. The first-order chi connectivity index (χ1) is 17.2. The molecule has 0 spiro atoms. The van der Waals surface area contributed by atoms with Crippen LogP contribution in [0.1, 0.15) is 91.9 Å². The van der Waals surface area contributed by atoms with Crippen molar-refractivity contribution in [1.29, 1.82) is 0 Å². The first-order valence-corrected chi connectivity index (χ1v) is 13.4. The van der Waals surface area contributed by atoms with Crippen molar-refractivity contribution < 1.29 is 44.7 Å². The smallest absolute Gasteiger partial charge is 0.303 e. The number of allylic oxidation sites excluding steroid dienone is 1. The van der Waals surface area contributed by atoms with Gasteiger partial charge in [-0.25, -0.2) is 0 Å². The van der Waals surface area contributed by atoms with E-state index in [0.717, 1.165) is 32.1 Å². The van der Waals surface area contributed by atoms with Crippen molar-refractivity contribution in [2.24, 2.45) is 28.6 Å². The average Bonchev–Trinajstić information content (AvgIpc) is 3.10. The van der Waals surface area contributed by atoms with Gasteiger partial charge in [-0.2, -0.15) is 0 Å². The molecule has 4 aliphatic carbocycles. The van der Waals surface area contributed by atoms with Crippen LogP contribution in [0.25, 0.3) is 0 Å². The molecule has 0 radical (unpaired) electrons. The predicted octanol–water partition coefficient (Wildman–Crippen LogP) is 3.13. The monoisotopic (exact) mass is 524 g/mol. The Morgan fingerprint density at radius 1 is 1.03 bits per heavy atom. The van der Waals surface area contributed by atoms with Crippen LogP contribution in [0.3, 0.4) is 0 Å². The Labute approximate surface area is 219 Å². The summed E-state index contributed by atoms with van der Waals surface area (Å²) in [5, 5.41) is 47.4. The molecule has 0 heterocycles. The van der Waals surface area contributed by atoms with E-state index in [2.05, 4.69) is 6.92 Å². The van der Waals surface area contributed by atoms with E-state index in [1.807, 2.05) is 13.8 Å². The van der Waals surface area contributed by atoms with Gasteiger partial charge in [-0.05, 0) is 74.2 Å². The lowest BCUT2D eigenvalue weighted by Gasteiger charge is -2.60. The van der Waals surface area contributed by atoms with E-state index in [1.54, 1.807) is 13.0 Å². The maximum Gasteiger partial charge on any atom is 0.303 e. The minimum Gasteiger partial charge on any atom is -0.481 e. The largest absolute Gasteiger partial charge is 0.481 e. The van der Waals surface area contributed by atoms with E-state index >= 15 is 0 Å². The Balaban J connectivity index is 0.000000370. The van der Waals surface area contributed by atoms with Crippen molar-refractivity contribution in [2.45, 2.75) is 104 Å². The number of aliphatic hydroxyl groups is 3. The van der Waals surface area contributed by atoms with Gasteiger partial charge in [-0.3, -0.25) is 19.2 Å². The summed E-state index contributed by atoms with van der Waals surface area (Å²) >= 11 is 0. The third-order valence-electron chi connectivity index (χ3n) is 9.42. The fourth-order valence-electron chi connectivity index (χ4n) is 7.49. The zero-order valence-electron chi connectivity index (χ0n) is 22.5. The van der Waals surface area contributed by atoms with E-state index in [-0.39, 0.29) is 35.4 Å². The molecule has 37 heavy (non-hydrogen) atoms. The lowest BCUT2D eigenvalue weighted by Crippen LogP contribution is -2.62. The van der Waals surface area contributed by atoms with Crippen LogP contribution in [-0.4, -0.2) is 67.3 Å². The molecule has 0 aromatic heterocycles. The Kier molecular flexibility index (Phi) is 10.2. The molecule has 3 saturated carbocycles. The van der Waals surface area contributed by atoms with Crippen molar-refractivity contribution in [3.8, 4) is 0 Å². The van der Waals surface area contributed by atoms with Crippen molar-refractivity contribution in [2.75, 3.05) is 6.61 Å². The molecule has 9 heteroatoms. The Morgan fingerprint density at radius 3 is 2.14 bits per heavy atom. The Bertz CT molecular complexity index is 911. The fourth-order valence-corrected chi connectivity index (χ4v) is 7.49. The van der Waals surface area contributed by atoms with Crippen LogP contribution in [0.5, 0.6) is 0 Å². The van der Waals surface area contributed by atoms with E-state index in [1.165, 1.54) is 5.57 Å². The zero-order chi connectivity index (χ0) is 28.2. The highest BCUT2D eigenvalue weighted by Crippen LogP contribution is 2.67. The van der Waals surface area contributed by atoms with Crippen LogP contribution in [0.4, 0.5) is 0 Å². The molecule has 3 fully saturated rings. The number of hydrogen-bond donors (Lipinski definition) is 5. The normalized spacial score (nSPS) is 37.8. The second-order valence-electron chi connectivity index (χ2n) is 11.4. The number of carboxylic acid groups (broad SMARTS) is 2. The number of rotatable bonds is 5. The molecular weight excluding hydrogens is 480 g/mol. The minimum absolute atomic E-state index is 0.0697. The number of carbonyl (C=O) groups excluding carboxylic acids is 2. The lowest BCUT2D eigenvalue weighted by molar-refractivity contribution is -0.182. The fraction of sp³-hybridized carbons (Fsp3) is 0.786. The second kappa shape index (κ2) is 12.2. The van der Waals surface area contributed by atoms with E-state index < -0.39 is 41.4 Å². The minimum atomic E-state index is -1.54. The molecular formula is C28H44O9. The number of Topliss-reactive ketones (excluding diaryl/α,β-unsaturated/α-hetero) is 1. The van der Waals surface area contributed by atoms with Gasteiger partial charge in [0.1, 0.15) is 12.2 Å². The van der Waals surface area contributed by atoms with Gasteiger partial charge in [-0.1, -0.05) is 33.3 Å². The molecule has 0 unspecified atom stereocenters. The number of carboxylic acids is 2. The van der Waals surface area contributed by atoms with E-state index in [4.69, 9.17) is 10.2 Å². The summed E-state index contributed by atoms with van der Waals surface area (Å²) in [6.07, 6.45) is 6.98. The highest BCUT2D eigenvalue weighted by atomic mass is 16.4. The highest BCUT2D eigenvalue weighted by Gasteiger charge is 2.68. The maximum atomic E-state index is 12.4. The van der Waals surface area contributed by atoms with Gasteiger partial charge >= 0.3 is 11.9 Å². The summed E-state index contributed by atoms with van der Waals surface area (Å²) in [6, 6.07) is 0. The van der Waals surface area contributed by atoms with Crippen molar-refractivity contribution in [3.05, 3.63) is 11.6 Å². The first kappa shape index (κ1) is 31.1. The molecule has 4 aliphatic rings. The SMILES string of the molecule is CCC(=O)O.CCCC(=O)O.C[C@]12CCC(=O)C=C1CC[C@@H]1[C@@H]2[C@@H](O)C[C@@]2(C)[C@H]1CC[C@]2(O)C(=O)CO. The standard InChI is InChI=1S/C21H30O5.C4H8O2.C3H6O2/c1-19-7-5-13(23)9-12(19)3-4-14-15-6-8-21(26,17(25)11-22)20(15,2)10-16(24)18(14)19;1-2-3-4(5)6;1-2-3(4)5/h9,14-16,18,22,24,26H,3-8,10-11H2,1-2H3;2-3H2,1H3,(H,5,6);2H2,1H3,(H,4,5)/t14-,15-,16-,18+,19-,20-,21-;;/m0../s1. The molecule has 0 aliphatic heterocycles. The second-order valence-corrected chi connectivity index (χ2v) is 11.4. The molecule has 9 nitrogen and oxygen atoms in total. The molecule has 0 amide bonds. The topological polar surface area (TPSA) is 169 Å². The number of aliphatic hydroxyl groups excluding tert-OH is 2. The third kappa shape index (κ3) is 5.99. The van der Waals surface area contributed by atoms with Crippen LogP contribution >= 0.6 is 0 Å². The third-order valence-corrected chi connectivity index (χ3v) is 9.42. The van der Waals surface area contributed by atoms with Crippen LogP contribution in [0, 0.1) is 28.6 Å². The Hall–Kier alpha value is -2.10. The summed E-state index contributed by atoms with van der Waals surface area (Å²) < 4.78 is 0. The number of carbonyl (C=O) groups is 4. The van der Waals surface area contributed by atoms with Crippen LogP contribution < -0.4 is 0 Å². The highest BCUT2D eigenvalue weighted by molar-refractivity contribution is 5.91. The number of aliphatic carboxylic acids is 2. The van der Waals surface area contributed by atoms with E-state index in [0.29, 0.717) is 25.7 Å².